The highest BCUT2D eigenvalue weighted by Crippen LogP contribution is 2.46. The lowest BCUT2D eigenvalue weighted by Gasteiger charge is -2.15. The van der Waals surface area contributed by atoms with Gasteiger partial charge in [0.05, 0.1) is 5.56 Å². The number of Topliss-reactive ketones (excluding diaryl/α,β-unsaturated/α-hetero) is 1. The number of aliphatic hydroxyl groups is 1. The van der Waals surface area contributed by atoms with Crippen molar-refractivity contribution in [3.63, 3.8) is 0 Å². The molecule has 0 saturated heterocycles. The van der Waals surface area contributed by atoms with Crippen molar-refractivity contribution in [1.82, 2.24) is 0 Å². The van der Waals surface area contributed by atoms with Gasteiger partial charge in [-0.3, -0.25) is 4.79 Å². The minimum Gasteiger partial charge on any atom is -0.374 e. The summed E-state index contributed by atoms with van der Waals surface area (Å²) >= 11 is 1.71. The van der Waals surface area contributed by atoms with Gasteiger partial charge >= 0.3 is 0 Å². The van der Waals surface area contributed by atoms with E-state index in [9.17, 15) is 9.90 Å². The first-order chi connectivity index (χ1) is 11.1. The summed E-state index contributed by atoms with van der Waals surface area (Å²) in [4.78, 5) is 14.3. The van der Waals surface area contributed by atoms with E-state index >= 15 is 0 Å². The number of fused-ring (bicyclic) bond motifs is 1. The molecule has 0 aromatic carbocycles. The molecule has 4 rings (SSSR count). The molecule has 1 unspecified atom stereocenters. The Morgan fingerprint density at radius 2 is 2.09 bits per heavy atom. The Morgan fingerprint density at radius 1 is 1.30 bits per heavy atom. The van der Waals surface area contributed by atoms with Crippen molar-refractivity contribution >= 4 is 22.1 Å². The highest BCUT2D eigenvalue weighted by atomic mass is 32.1. The highest BCUT2D eigenvalue weighted by Gasteiger charge is 2.34. The number of carbonyl (C=O) groups excluding carboxylic acids is 1. The van der Waals surface area contributed by atoms with Crippen LogP contribution in [0, 0.1) is 11.8 Å². The van der Waals surface area contributed by atoms with Crippen molar-refractivity contribution in [3.8, 4) is 0 Å². The average Bonchev–Trinajstić information content (AvgIpc) is 3.42. The average molecular weight is 333 g/mol. The molecule has 2 N–H and O–H groups in total. The molecule has 0 aliphatic heterocycles. The molecule has 1 aromatic heterocycles. The maximum atomic E-state index is 12.9. The molecule has 0 amide bonds. The molecule has 126 valence electrons. The number of thiophene rings is 1. The molecule has 1 heterocycles. The molecule has 1 aromatic rings. The summed E-state index contributed by atoms with van der Waals surface area (Å²) in [6.45, 7) is 2.24. The van der Waals surface area contributed by atoms with E-state index in [4.69, 9.17) is 0 Å². The fourth-order valence-corrected chi connectivity index (χ4v) is 5.20. The molecule has 2 atom stereocenters. The van der Waals surface area contributed by atoms with Gasteiger partial charge in [0.1, 0.15) is 11.2 Å². The first-order valence-corrected chi connectivity index (χ1v) is 10.1. The number of hydrogen-bond donors (Lipinski definition) is 2. The van der Waals surface area contributed by atoms with Crippen LogP contribution in [0.15, 0.2) is 0 Å². The predicted molar refractivity (Wildman–Crippen MR) is 94.3 cm³/mol. The maximum absolute atomic E-state index is 12.9. The number of carbonyl (C=O) groups is 1. The molecule has 23 heavy (non-hydrogen) atoms. The zero-order valence-corrected chi connectivity index (χ0v) is 14.8. The Balaban J connectivity index is 1.52. The Bertz CT molecular complexity index is 601. The van der Waals surface area contributed by atoms with Gasteiger partial charge in [-0.2, -0.15) is 0 Å². The first-order valence-electron chi connectivity index (χ1n) is 9.27. The Kier molecular flexibility index (Phi) is 4.22. The smallest absolute Gasteiger partial charge is 0.166 e. The largest absolute Gasteiger partial charge is 0.374 e. The minimum absolute atomic E-state index is 0.294. The van der Waals surface area contributed by atoms with E-state index in [2.05, 4.69) is 12.2 Å². The third-order valence-corrected chi connectivity index (χ3v) is 6.86. The zero-order valence-electron chi connectivity index (χ0n) is 13.9. The number of nitrogens with one attached hydrogen (secondary N) is 1. The third-order valence-electron chi connectivity index (χ3n) is 5.66. The molecular formula is C19H27NO2S. The van der Waals surface area contributed by atoms with Crippen molar-refractivity contribution in [2.45, 2.75) is 76.9 Å². The molecule has 0 spiro atoms. The standard InChI is InChI=1S/C19H27NO2S/c1-11-5-10-15-16(11)17(14(21)4-2-3-12-6-7-12)19(23-15)20-18(22)13-8-9-13/h11-13,18,20,22H,2-10H2,1H3/t11-,18?/m1/s1. The van der Waals surface area contributed by atoms with Crippen LogP contribution in [0.3, 0.4) is 0 Å². The Hall–Kier alpha value is -0.870. The molecule has 2 saturated carbocycles. The van der Waals surface area contributed by atoms with Crippen LogP contribution in [0.5, 0.6) is 0 Å². The molecule has 4 heteroatoms. The number of hydrogen-bond acceptors (Lipinski definition) is 4. The molecule has 3 aliphatic carbocycles. The monoisotopic (exact) mass is 333 g/mol. The minimum atomic E-state index is -0.484. The number of aryl methyl sites for hydroxylation is 1. The summed E-state index contributed by atoms with van der Waals surface area (Å²) in [7, 11) is 0. The third kappa shape index (κ3) is 3.34. The lowest BCUT2D eigenvalue weighted by Crippen LogP contribution is -2.21. The van der Waals surface area contributed by atoms with Gasteiger partial charge in [0.2, 0.25) is 0 Å². The Labute approximate surface area is 142 Å². The second kappa shape index (κ2) is 6.21. The quantitative estimate of drug-likeness (QED) is 0.535. The van der Waals surface area contributed by atoms with Crippen molar-refractivity contribution in [2.75, 3.05) is 5.32 Å². The molecule has 2 fully saturated rings. The van der Waals surface area contributed by atoms with Crippen molar-refractivity contribution in [3.05, 3.63) is 16.0 Å². The van der Waals surface area contributed by atoms with E-state index in [0.717, 1.165) is 48.6 Å². The number of ketones is 1. The number of anilines is 1. The van der Waals surface area contributed by atoms with E-state index in [1.807, 2.05) is 0 Å². The van der Waals surface area contributed by atoms with Gasteiger partial charge in [0.25, 0.3) is 0 Å². The van der Waals surface area contributed by atoms with Crippen LogP contribution < -0.4 is 5.32 Å². The van der Waals surface area contributed by atoms with E-state index in [0.29, 0.717) is 24.0 Å². The first kappa shape index (κ1) is 15.6. The van der Waals surface area contributed by atoms with Gasteiger partial charge in [0.15, 0.2) is 5.78 Å². The molecule has 0 radical (unpaired) electrons. The van der Waals surface area contributed by atoms with E-state index < -0.39 is 6.23 Å². The number of rotatable bonds is 8. The molecular weight excluding hydrogens is 306 g/mol. The summed E-state index contributed by atoms with van der Waals surface area (Å²) in [5.74, 6) is 2.05. The lowest BCUT2D eigenvalue weighted by atomic mass is 9.96. The van der Waals surface area contributed by atoms with Gasteiger partial charge in [-0.05, 0) is 49.5 Å². The highest BCUT2D eigenvalue weighted by molar-refractivity contribution is 7.16. The molecule has 0 bridgehead atoms. The van der Waals surface area contributed by atoms with Crippen LogP contribution in [-0.4, -0.2) is 17.1 Å². The lowest BCUT2D eigenvalue weighted by molar-refractivity contribution is 0.0978. The summed E-state index contributed by atoms with van der Waals surface area (Å²) in [5.41, 5.74) is 2.21. The Morgan fingerprint density at radius 3 is 2.78 bits per heavy atom. The van der Waals surface area contributed by atoms with E-state index in [1.54, 1.807) is 11.3 Å². The van der Waals surface area contributed by atoms with Crippen molar-refractivity contribution in [1.29, 1.82) is 0 Å². The topological polar surface area (TPSA) is 49.3 Å². The van der Waals surface area contributed by atoms with Gasteiger partial charge in [0, 0.05) is 17.2 Å². The molecule has 3 aliphatic rings. The van der Waals surface area contributed by atoms with Gasteiger partial charge in [-0.25, -0.2) is 0 Å². The van der Waals surface area contributed by atoms with E-state index in [-0.39, 0.29) is 0 Å². The summed E-state index contributed by atoms with van der Waals surface area (Å²) in [5, 5.41) is 14.5. The predicted octanol–water partition coefficient (Wildman–Crippen LogP) is 4.70. The van der Waals surface area contributed by atoms with Crippen LogP contribution >= 0.6 is 11.3 Å². The maximum Gasteiger partial charge on any atom is 0.166 e. The van der Waals surface area contributed by atoms with Gasteiger partial charge in [-0.15, -0.1) is 11.3 Å². The fourth-order valence-electron chi connectivity index (χ4n) is 3.82. The second-order valence-corrected chi connectivity index (χ2v) is 8.87. The second-order valence-electron chi connectivity index (χ2n) is 7.77. The summed E-state index contributed by atoms with van der Waals surface area (Å²) in [6.07, 6.45) is 9.58. The summed E-state index contributed by atoms with van der Waals surface area (Å²) < 4.78 is 0. The van der Waals surface area contributed by atoms with Gasteiger partial charge < -0.3 is 10.4 Å². The van der Waals surface area contributed by atoms with Crippen molar-refractivity contribution in [2.24, 2.45) is 11.8 Å². The van der Waals surface area contributed by atoms with Crippen LogP contribution in [0.1, 0.15) is 85.0 Å². The van der Waals surface area contributed by atoms with Crippen molar-refractivity contribution < 1.29 is 9.90 Å². The zero-order chi connectivity index (χ0) is 16.0. The normalized spacial score (nSPS) is 24.5. The summed E-state index contributed by atoms with van der Waals surface area (Å²) in [6, 6.07) is 0. The van der Waals surface area contributed by atoms with Crippen LogP contribution in [0.4, 0.5) is 5.00 Å². The van der Waals surface area contributed by atoms with Crippen LogP contribution in [-0.2, 0) is 6.42 Å². The SMILES string of the molecule is C[C@@H]1CCc2sc(NC(O)C3CC3)c(C(=O)CCCC3CC3)c21. The molecule has 3 nitrogen and oxygen atoms in total. The fraction of sp³-hybridized carbons (Fsp3) is 0.737. The van der Waals surface area contributed by atoms with Gasteiger partial charge in [-0.1, -0.05) is 26.2 Å². The van der Waals surface area contributed by atoms with Crippen LogP contribution in [0.25, 0.3) is 0 Å². The number of aliphatic hydroxyl groups excluding tert-OH is 1. The van der Waals surface area contributed by atoms with Crippen LogP contribution in [0.2, 0.25) is 0 Å². The van der Waals surface area contributed by atoms with E-state index in [1.165, 1.54) is 29.7 Å².